The predicted octanol–water partition coefficient (Wildman–Crippen LogP) is 3.05. The van der Waals surface area contributed by atoms with Crippen LogP contribution in [0.2, 0.25) is 0 Å². The maximum atomic E-state index is 10.1. The molecule has 0 spiro atoms. The quantitative estimate of drug-likeness (QED) is 0.939. The number of nitrogens with zero attached hydrogens (tertiary/aromatic N) is 3. The van der Waals surface area contributed by atoms with Crippen molar-refractivity contribution in [1.82, 2.24) is 14.9 Å². The van der Waals surface area contributed by atoms with Gasteiger partial charge in [0.25, 0.3) is 0 Å². The number of hydrogen-bond donors (Lipinski definition) is 1. The van der Waals surface area contributed by atoms with E-state index in [1.807, 2.05) is 18.3 Å². The van der Waals surface area contributed by atoms with Crippen LogP contribution < -0.4 is 4.74 Å². The molecule has 0 atom stereocenters. The summed E-state index contributed by atoms with van der Waals surface area (Å²) in [5.41, 5.74) is 3.22. The Morgan fingerprint density at radius 1 is 1.29 bits per heavy atom. The monoisotopic (exact) mass is 327 g/mol. The molecule has 3 rings (SSSR count). The Bertz CT molecular complexity index is 738. The van der Waals surface area contributed by atoms with E-state index in [1.54, 1.807) is 13.2 Å². The Morgan fingerprint density at radius 2 is 2.08 bits per heavy atom. The van der Waals surface area contributed by atoms with Crippen molar-refractivity contribution in [1.29, 1.82) is 0 Å². The molecule has 1 aromatic heterocycles. The lowest BCUT2D eigenvalue weighted by molar-refractivity contribution is 0.239. The summed E-state index contributed by atoms with van der Waals surface area (Å²) in [6.07, 6.45) is 2.88. The molecular formula is C19H25N3O2. The fraction of sp³-hybridized carbons (Fsp3) is 0.474. The van der Waals surface area contributed by atoms with Crippen LogP contribution in [0.3, 0.4) is 0 Å². The number of hydrogen-bond acceptors (Lipinski definition) is 5. The van der Waals surface area contributed by atoms with Gasteiger partial charge in [-0.2, -0.15) is 0 Å². The molecule has 0 saturated heterocycles. The maximum absolute atomic E-state index is 10.1. The number of phenolic OH excluding ortho intramolecular Hbond substituents is 1. The molecule has 0 bridgehead atoms. The smallest absolute Gasteiger partial charge is 0.133 e. The van der Waals surface area contributed by atoms with Gasteiger partial charge in [0.05, 0.1) is 7.11 Å². The Labute approximate surface area is 143 Å². The summed E-state index contributed by atoms with van der Waals surface area (Å²) in [5, 5.41) is 10.1. The molecule has 0 amide bonds. The van der Waals surface area contributed by atoms with Crippen molar-refractivity contribution in [3.8, 4) is 11.5 Å². The predicted molar refractivity (Wildman–Crippen MR) is 93.2 cm³/mol. The van der Waals surface area contributed by atoms with E-state index in [0.717, 1.165) is 36.6 Å². The van der Waals surface area contributed by atoms with Crippen LogP contribution in [0.25, 0.3) is 0 Å². The van der Waals surface area contributed by atoms with E-state index in [0.29, 0.717) is 12.3 Å². The van der Waals surface area contributed by atoms with Gasteiger partial charge in [0.15, 0.2) is 0 Å². The minimum absolute atomic E-state index is 0.0267. The third kappa shape index (κ3) is 3.51. The average molecular weight is 327 g/mol. The van der Waals surface area contributed by atoms with E-state index in [4.69, 9.17) is 9.72 Å². The van der Waals surface area contributed by atoms with Gasteiger partial charge in [0, 0.05) is 60.6 Å². The van der Waals surface area contributed by atoms with Gasteiger partial charge in [-0.25, -0.2) is 9.97 Å². The van der Waals surface area contributed by atoms with Crippen LogP contribution in [0.5, 0.6) is 11.5 Å². The topological polar surface area (TPSA) is 58.5 Å². The Balaban J connectivity index is 1.74. The highest BCUT2D eigenvalue weighted by Gasteiger charge is 2.23. The summed E-state index contributed by atoms with van der Waals surface area (Å²) in [6.45, 7) is 8.85. The number of rotatable bonds is 3. The molecular weight excluding hydrogens is 302 g/mol. The number of aromatic nitrogens is 2. The normalized spacial score (nSPS) is 15.2. The van der Waals surface area contributed by atoms with Crippen molar-refractivity contribution in [3.05, 3.63) is 47.0 Å². The standard InChI is InChI=1S/C19H25N3O2/c1-19(2,3)18-20-10-14-12-22(8-7-16(14)21-18)11-13-5-6-15(24-4)9-17(13)23/h5-6,9-10,23H,7-8,11-12H2,1-4H3. The van der Waals surface area contributed by atoms with Gasteiger partial charge in [-0.05, 0) is 6.07 Å². The molecule has 1 aliphatic rings. The minimum Gasteiger partial charge on any atom is -0.507 e. The molecule has 1 aromatic carbocycles. The molecule has 0 fully saturated rings. The number of aromatic hydroxyl groups is 1. The highest BCUT2D eigenvalue weighted by molar-refractivity contribution is 5.39. The molecule has 0 unspecified atom stereocenters. The first-order valence-electron chi connectivity index (χ1n) is 8.30. The van der Waals surface area contributed by atoms with E-state index >= 15 is 0 Å². The summed E-state index contributed by atoms with van der Waals surface area (Å²) in [7, 11) is 1.60. The fourth-order valence-corrected chi connectivity index (χ4v) is 2.92. The molecule has 1 aliphatic heterocycles. The van der Waals surface area contributed by atoms with Gasteiger partial charge in [0.2, 0.25) is 0 Å². The third-order valence-electron chi connectivity index (χ3n) is 4.37. The molecule has 5 heteroatoms. The van der Waals surface area contributed by atoms with E-state index in [9.17, 15) is 5.11 Å². The highest BCUT2D eigenvalue weighted by atomic mass is 16.5. The van der Waals surface area contributed by atoms with Gasteiger partial charge in [0.1, 0.15) is 17.3 Å². The number of ether oxygens (including phenoxy) is 1. The lowest BCUT2D eigenvalue weighted by Crippen LogP contribution is -2.32. The van der Waals surface area contributed by atoms with Crippen molar-refractivity contribution >= 4 is 0 Å². The minimum atomic E-state index is -0.0267. The van der Waals surface area contributed by atoms with E-state index in [2.05, 4.69) is 30.7 Å². The third-order valence-corrected chi connectivity index (χ3v) is 4.37. The first kappa shape index (κ1) is 16.7. The van der Waals surface area contributed by atoms with Crippen molar-refractivity contribution in [3.63, 3.8) is 0 Å². The molecule has 2 aromatic rings. The zero-order valence-electron chi connectivity index (χ0n) is 14.8. The maximum Gasteiger partial charge on any atom is 0.133 e. The summed E-state index contributed by atoms with van der Waals surface area (Å²) >= 11 is 0. The molecule has 0 saturated carbocycles. The Hall–Kier alpha value is -2.14. The zero-order chi connectivity index (χ0) is 17.3. The second-order valence-electron chi connectivity index (χ2n) is 7.37. The summed E-state index contributed by atoms with van der Waals surface area (Å²) < 4.78 is 5.13. The highest BCUT2D eigenvalue weighted by Crippen LogP contribution is 2.27. The van der Waals surface area contributed by atoms with Crippen molar-refractivity contribution in [2.24, 2.45) is 0 Å². The number of benzene rings is 1. The first-order valence-corrected chi connectivity index (χ1v) is 8.30. The van der Waals surface area contributed by atoms with Gasteiger partial charge in [-0.15, -0.1) is 0 Å². The average Bonchev–Trinajstić information content (AvgIpc) is 2.55. The molecule has 1 N–H and O–H groups in total. The molecule has 0 aliphatic carbocycles. The van der Waals surface area contributed by atoms with Crippen molar-refractivity contribution in [2.75, 3.05) is 13.7 Å². The van der Waals surface area contributed by atoms with Crippen LogP contribution in [0.15, 0.2) is 24.4 Å². The van der Waals surface area contributed by atoms with Gasteiger partial charge in [-0.1, -0.05) is 26.8 Å². The van der Waals surface area contributed by atoms with Gasteiger partial charge >= 0.3 is 0 Å². The molecule has 128 valence electrons. The molecule has 2 heterocycles. The van der Waals surface area contributed by atoms with Gasteiger partial charge < -0.3 is 9.84 Å². The van der Waals surface area contributed by atoms with Crippen LogP contribution in [0.4, 0.5) is 0 Å². The van der Waals surface area contributed by atoms with Crippen LogP contribution in [0, 0.1) is 0 Å². The number of fused-ring (bicyclic) bond motifs is 1. The molecule has 5 nitrogen and oxygen atoms in total. The lowest BCUT2D eigenvalue weighted by Gasteiger charge is -2.29. The fourth-order valence-electron chi connectivity index (χ4n) is 2.92. The summed E-state index contributed by atoms with van der Waals surface area (Å²) in [4.78, 5) is 11.6. The van der Waals surface area contributed by atoms with E-state index in [1.165, 1.54) is 5.56 Å². The Kier molecular flexibility index (Phi) is 4.45. The second-order valence-corrected chi connectivity index (χ2v) is 7.37. The van der Waals surface area contributed by atoms with Crippen LogP contribution in [-0.2, 0) is 24.9 Å². The molecule has 24 heavy (non-hydrogen) atoms. The SMILES string of the molecule is COc1ccc(CN2CCc3nc(C(C)(C)C)ncc3C2)c(O)c1. The van der Waals surface area contributed by atoms with Gasteiger partial charge in [-0.3, -0.25) is 4.90 Å². The molecule has 0 radical (unpaired) electrons. The Morgan fingerprint density at radius 3 is 2.75 bits per heavy atom. The lowest BCUT2D eigenvalue weighted by atomic mass is 9.95. The second kappa shape index (κ2) is 6.40. The first-order chi connectivity index (χ1) is 11.4. The van der Waals surface area contributed by atoms with Crippen LogP contribution >= 0.6 is 0 Å². The van der Waals surface area contributed by atoms with Crippen molar-refractivity contribution < 1.29 is 9.84 Å². The number of phenols is 1. The van der Waals surface area contributed by atoms with Crippen LogP contribution in [0.1, 0.15) is 43.4 Å². The van der Waals surface area contributed by atoms with E-state index < -0.39 is 0 Å². The van der Waals surface area contributed by atoms with Crippen molar-refractivity contribution in [2.45, 2.75) is 45.7 Å². The van der Waals surface area contributed by atoms with E-state index in [-0.39, 0.29) is 11.2 Å². The number of methoxy groups -OCH3 is 1. The summed E-state index contributed by atoms with van der Waals surface area (Å²) in [6, 6.07) is 5.46. The van der Waals surface area contributed by atoms with Crippen LogP contribution in [-0.4, -0.2) is 33.6 Å². The zero-order valence-corrected chi connectivity index (χ0v) is 14.8. The summed E-state index contributed by atoms with van der Waals surface area (Å²) in [5.74, 6) is 1.85. The largest absolute Gasteiger partial charge is 0.507 e.